The fourth-order valence-corrected chi connectivity index (χ4v) is 3.40. The van der Waals surface area contributed by atoms with Gasteiger partial charge in [0.05, 0.1) is 13.0 Å². The molecule has 0 bridgehead atoms. The molecule has 0 aliphatic heterocycles. The Kier molecular flexibility index (Phi) is 5.18. The first-order chi connectivity index (χ1) is 12.0. The van der Waals surface area contributed by atoms with E-state index in [9.17, 15) is 4.79 Å². The maximum atomic E-state index is 11.4. The van der Waals surface area contributed by atoms with Gasteiger partial charge in [0, 0.05) is 13.1 Å². The Balaban J connectivity index is 1.70. The van der Waals surface area contributed by atoms with E-state index in [1.165, 1.54) is 17.5 Å². The number of rotatable bonds is 5. The second-order valence-electron chi connectivity index (χ2n) is 7.45. The number of nitrogens with one attached hydrogen (secondary N) is 2. The van der Waals surface area contributed by atoms with Gasteiger partial charge in [0.25, 0.3) is 0 Å². The number of amides is 1. The summed E-state index contributed by atoms with van der Waals surface area (Å²) in [6.45, 7) is 5.14. The third-order valence-electron chi connectivity index (χ3n) is 4.87. The molecule has 0 fully saturated rings. The zero-order valence-electron chi connectivity index (χ0n) is 15.1. The highest BCUT2D eigenvalue weighted by Crippen LogP contribution is 2.39. The smallest absolute Gasteiger partial charge is 0.240 e. The van der Waals surface area contributed by atoms with E-state index < -0.39 is 0 Å². The summed E-state index contributed by atoms with van der Waals surface area (Å²) in [6, 6.07) is 8.89. The van der Waals surface area contributed by atoms with E-state index in [0.717, 1.165) is 12.8 Å². The van der Waals surface area contributed by atoms with Crippen molar-refractivity contribution in [3.05, 3.63) is 47.1 Å². The first-order valence-corrected chi connectivity index (χ1v) is 8.80. The molecular weight excluding hydrogens is 316 g/mol. The number of carbonyl (C=O) groups excluding carboxylic acids is 1. The molecule has 134 valence electrons. The van der Waals surface area contributed by atoms with Crippen LogP contribution in [-0.4, -0.2) is 23.1 Å². The summed E-state index contributed by atoms with van der Waals surface area (Å²) in [5.41, 5.74) is 3.05. The first kappa shape index (κ1) is 17.6. The standard InChI is InChI=1S/C19H26N4O2/c1-19(2)9-8-13-6-4-5-7-14(13)15(11-19)21-12-18-22-16(23-25-18)10-17(24)20-3/h4-7,15,21H,8-12H2,1-3H3,(H,20,24)/t15-/m1/s1. The molecule has 0 unspecified atom stereocenters. The van der Waals surface area contributed by atoms with Gasteiger partial charge in [-0.15, -0.1) is 0 Å². The van der Waals surface area contributed by atoms with Gasteiger partial charge in [0.15, 0.2) is 5.82 Å². The van der Waals surface area contributed by atoms with Gasteiger partial charge >= 0.3 is 0 Å². The number of fused-ring (bicyclic) bond motifs is 1. The lowest BCUT2D eigenvalue weighted by molar-refractivity contribution is -0.120. The Morgan fingerprint density at radius 2 is 2.16 bits per heavy atom. The molecule has 6 nitrogen and oxygen atoms in total. The molecule has 1 atom stereocenters. The predicted molar refractivity (Wildman–Crippen MR) is 94.8 cm³/mol. The van der Waals surface area contributed by atoms with E-state index in [0.29, 0.717) is 18.3 Å². The van der Waals surface area contributed by atoms with Gasteiger partial charge in [-0.25, -0.2) is 0 Å². The number of carbonyl (C=O) groups is 1. The van der Waals surface area contributed by atoms with E-state index in [-0.39, 0.29) is 23.8 Å². The quantitative estimate of drug-likeness (QED) is 0.816. The molecule has 25 heavy (non-hydrogen) atoms. The molecule has 6 heteroatoms. The van der Waals surface area contributed by atoms with Gasteiger partial charge in [-0.2, -0.15) is 4.98 Å². The molecule has 1 aliphatic rings. The molecule has 1 amide bonds. The summed E-state index contributed by atoms with van der Waals surface area (Å²) in [7, 11) is 1.59. The van der Waals surface area contributed by atoms with E-state index >= 15 is 0 Å². The second-order valence-corrected chi connectivity index (χ2v) is 7.45. The maximum Gasteiger partial charge on any atom is 0.240 e. The van der Waals surface area contributed by atoms with Crippen LogP contribution in [0.4, 0.5) is 0 Å². The van der Waals surface area contributed by atoms with Crippen LogP contribution in [0.1, 0.15) is 55.6 Å². The maximum absolute atomic E-state index is 11.4. The molecule has 1 aliphatic carbocycles. The van der Waals surface area contributed by atoms with Crippen molar-refractivity contribution in [2.75, 3.05) is 7.05 Å². The summed E-state index contributed by atoms with van der Waals surface area (Å²) < 4.78 is 5.27. The average Bonchev–Trinajstić information content (AvgIpc) is 2.99. The Morgan fingerprint density at radius 1 is 1.36 bits per heavy atom. The van der Waals surface area contributed by atoms with E-state index in [2.05, 4.69) is 58.9 Å². The van der Waals surface area contributed by atoms with Crippen molar-refractivity contribution >= 4 is 5.91 Å². The molecule has 0 radical (unpaired) electrons. The second kappa shape index (κ2) is 7.35. The summed E-state index contributed by atoms with van der Waals surface area (Å²) in [4.78, 5) is 15.7. The summed E-state index contributed by atoms with van der Waals surface area (Å²) in [6.07, 6.45) is 3.49. The number of benzene rings is 1. The van der Waals surface area contributed by atoms with Crippen LogP contribution in [0.2, 0.25) is 0 Å². The molecule has 1 aromatic heterocycles. The Morgan fingerprint density at radius 3 is 2.96 bits per heavy atom. The van der Waals surface area contributed by atoms with Crippen molar-refractivity contribution in [3.63, 3.8) is 0 Å². The van der Waals surface area contributed by atoms with Crippen molar-refractivity contribution in [2.45, 2.75) is 52.1 Å². The van der Waals surface area contributed by atoms with Crippen LogP contribution >= 0.6 is 0 Å². The van der Waals surface area contributed by atoms with Gasteiger partial charge in [0.1, 0.15) is 0 Å². The van der Waals surface area contributed by atoms with Crippen LogP contribution < -0.4 is 10.6 Å². The number of likely N-dealkylation sites (N-methyl/N-ethyl adjacent to an activating group) is 1. The number of nitrogens with zero attached hydrogens (tertiary/aromatic N) is 2. The minimum Gasteiger partial charge on any atom is -0.359 e. The van der Waals surface area contributed by atoms with Gasteiger partial charge in [-0.1, -0.05) is 43.3 Å². The number of hydrogen-bond acceptors (Lipinski definition) is 5. The summed E-state index contributed by atoms with van der Waals surface area (Å²) in [5.74, 6) is 0.802. The highest BCUT2D eigenvalue weighted by molar-refractivity contribution is 5.77. The van der Waals surface area contributed by atoms with E-state index in [1.807, 2.05) is 0 Å². The molecule has 0 saturated carbocycles. The summed E-state index contributed by atoms with van der Waals surface area (Å²) in [5, 5.41) is 10.0. The fraction of sp³-hybridized carbons (Fsp3) is 0.526. The highest BCUT2D eigenvalue weighted by atomic mass is 16.5. The number of aryl methyl sites for hydroxylation is 1. The Hall–Kier alpha value is -2.21. The average molecular weight is 342 g/mol. The third kappa shape index (κ3) is 4.45. The number of hydrogen-bond donors (Lipinski definition) is 2. The molecular formula is C19H26N4O2. The van der Waals surface area contributed by atoms with Crippen LogP contribution in [0.25, 0.3) is 0 Å². The van der Waals surface area contributed by atoms with Crippen molar-refractivity contribution in [1.29, 1.82) is 0 Å². The van der Waals surface area contributed by atoms with Crippen LogP contribution in [-0.2, 0) is 24.2 Å². The molecule has 1 aromatic carbocycles. The zero-order valence-corrected chi connectivity index (χ0v) is 15.1. The van der Waals surface area contributed by atoms with Gasteiger partial charge in [-0.05, 0) is 35.8 Å². The predicted octanol–water partition coefficient (Wildman–Crippen LogP) is 2.55. The third-order valence-corrected chi connectivity index (χ3v) is 4.87. The largest absolute Gasteiger partial charge is 0.359 e. The SMILES string of the molecule is CNC(=O)Cc1noc(CN[C@@H]2CC(C)(C)CCc3ccccc32)n1. The molecule has 0 spiro atoms. The highest BCUT2D eigenvalue weighted by Gasteiger charge is 2.29. The van der Waals surface area contributed by atoms with Crippen molar-refractivity contribution in [1.82, 2.24) is 20.8 Å². The monoisotopic (exact) mass is 342 g/mol. The van der Waals surface area contributed by atoms with Crippen molar-refractivity contribution in [3.8, 4) is 0 Å². The van der Waals surface area contributed by atoms with Crippen molar-refractivity contribution < 1.29 is 9.32 Å². The van der Waals surface area contributed by atoms with Gasteiger partial charge in [0.2, 0.25) is 11.8 Å². The lowest BCUT2D eigenvalue weighted by Crippen LogP contribution is -2.25. The molecule has 0 saturated heterocycles. The summed E-state index contributed by atoms with van der Waals surface area (Å²) >= 11 is 0. The number of aromatic nitrogens is 2. The molecule has 3 rings (SSSR count). The Labute approximate surface area is 148 Å². The topological polar surface area (TPSA) is 80.0 Å². The van der Waals surface area contributed by atoms with Gasteiger partial charge in [-0.3, -0.25) is 4.79 Å². The normalized spacial score (nSPS) is 19.1. The van der Waals surface area contributed by atoms with Gasteiger partial charge < -0.3 is 15.2 Å². The lowest BCUT2D eigenvalue weighted by atomic mass is 9.83. The molecule has 2 aromatic rings. The van der Waals surface area contributed by atoms with Crippen molar-refractivity contribution in [2.24, 2.45) is 5.41 Å². The lowest BCUT2D eigenvalue weighted by Gasteiger charge is -2.27. The Bertz CT molecular complexity index is 739. The van der Waals surface area contributed by atoms with E-state index in [1.54, 1.807) is 7.05 Å². The minimum atomic E-state index is -0.125. The van der Waals surface area contributed by atoms with Crippen LogP contribution in [0.3, 0.4) is 0 Å². The fourth-order valence-electron chi connectivity index (χ4n) is 3.40. The molecule has 1 heterocycles. The van der Waals surface area contributed by atoms with Crippen LogP contribution in [0, 0.1) is 5.41 Å². The van der Waals surface area contributed by atoms with E-state index in [4.69, 9.17) is 4.52 Å². The van der Waals surface area contributed by atoms with Crippen LogP contribution in [0.15, 0.2) is 28.8 Å². The molecule has 2 N–H and O–H groups in total. The van der Waals surface area contributed by atoms with Crippen LogP contribution in [0.5, 0.6) is 0 Å². The zero-order chi connectivity index (χ0) is 17.9. The minimum absolute atomic E-state index is 0.125. The first-order valence-electron chi connectivity index (χ1n) is 8.80.